The highest BCUT2D eigenvalue weighted by Crippen LogP contribution is 2.32. The van der Waals surface area contributed by atoms with Gasteiger partial charge in [-0.3, -0.25) is 4.79 Å². The predicted molar refractivity (Wildman–Crippen MR) is 83.3 cm³/mol. The van der Waals surface area contributed by atoms with E-state index >= 15 is 0 Å². The van der Waals surface area contributed by atoms with E-state index in [9.17, 15) is 9.90 Å². The van der Waals surface area contributed by atoms with Gasteiger partial charge in [0.15, 0.2) is 0 Å². The van der Waals surface area contributed by atoms with Crippen molar-refractivity contribution in [3.8, 4) is 0 Å². The maximum atomic E-state index is 12.3. The second kappa shape index (κ2) is 6.40. The van der Waals surface area contributed by atoms with Gasteiger partial charge in [0.05, 0.1) is 29.4 Å². The molecule has 1 aromatic heterocycles. The summed E-state index contributed by atoms with van der Waals surface area (Å²) in [6.45, 7) is 2.72. The van der Waals surface area contributed by atoms with Gasteiger partial charge in [-0.1, -0.05) is 11.6 Å². The Bertz CT molecular complexity index is 557. The highest BCUT2D eigenvalue weighted by atomic mass is 35.5. The number of halogens is 1. The molecule has 2 heterocycles. The summed E-state index contributed by atoms with van der Waals surface area (Å²) >= 11 is 6.20. The third kappa shape index (κ3) is 3.34. The topological polar surface area (TPSA) is 74.7 Å². The Morgan fingerprint density at radius 2 is 2.18 bits per heavy atom. The summed E-state index contributed by atoms with van der Waals surface area (Å²) in [5, 5.41) is 13.5. The van der Waals surface area contributed by atoms with Gasteiger partial charge in [-0.25, -0.2) is 4.98 Å². The van der Waals surface area contributed by atoms with Gasteiger partial charge in [0.25, 0.3) is 5.91 Å². The number of carbonyl (C=O) groups is 1. The number of amides is 1. The highest BCUT2D eigenvalue weighted by Gasteiger charge is 2.34. The normalized spacial score (nSPS) is 20.4. The highest BCUT2D eigenvalue weighted by molar-refractivity contribution is 6.33. The molecule has 1 aromatic rings. The predicted octanol–water partition coefficient (Wildman–Crippen LogP) is 1.53. The number of nitrogens with zero attached hydrogens (tertiary/aromatic N) is 2. The summed E-state index contributed by atoms with van der Waals surface area (Å²) in [6, 6.07) is 1.62. The minimum Gasteiger partial charge on any atom is -0.388 e. The number of pyridine rings is 1. The molecule has 2 fully saturated rings. The van der Waals surface area contributed by atoms with Crippen LogP contribution in [0.25, 0.3) is 0 Å². The Hall–Kier alpha value is -1.37. The van der Waals surface area contributed by atoms with Crippen LogP contribution in [0.3, 0.4) is 0 Å². The van der Waals surface area contributed by atoms with Crippen molar-refractivity contribution in [1.82, 2.24) is 9.88 Å². The van der Waals surface area contributed by atoms with Crippen LogP contribution in [0, 0.1) is 0 Å². The first-order chi connectivity index (χ1) is 10.6. The molecule has 0 bridgehead atoms. The lowest BCUT2D eigenvalue weighted by Crippen LogP contribution is -2.43. The summed E-state index contributed by atoms with van der Waals surface area (Å²) in [7, 11) is 0. The van der Waals surface area contributed by atoms with E-state index in [4.69, 9.17) is 16.3 Å². The Morgan fingerprint density at radius 1 is 1.45 bits per heavy atom. The average Bonchev–Trinajstić information content (AvgIpc) is 2.52. The van der Waals surface area contributed by atoms with Crippen molar-refractivity contribution < 1.29 is 14.6 Å². The molecule has 22 heavy (non-hydrogen) atoms. The first-order valence-corrected chi connectivity index (χ1v) is 7.94. The molecule has 6 nitrogen and oxygen atoms in total. The van der Waals surface area contributed by atoms with Crippen molar-refractivity contribution in [3.05, 3.63) is 22.8 Å². The number of carbonyl (C=O) groups excluding carboxylic acids is 1. The lowest BCUT2D eigenvalue weighted by Gasteiger charge is -2.36. The Kier molecular flexibility index (Phi) is 4.52. The Labute approximate surface area is 134 Å². The largest absolute Gasteiger partial charge is 0.388 e. The van der Waals surface area contributed by atoms with Crippen molar-refractivity contribution in [1.29, 1.82) is 0 Å². The van der Waals surface area contributed by atoms with Crippen LogP contribution in [0.1, 0.15) is 29.6 Å². The van der Waals surface area contributed by atoms with Crippen molar-refractivity contribution in [2.45, 2.75) is 24.9 Å². The molecule has 1 aliphatic carbocycles. The molecule has 0 radical (unpaired) electrons. The summed E-state index contributed by atoms with van der Waals surface area (Å²) < 4.78 is 5.24. The van der Waals surface area contributed by atoms with Gasteiger partial charge in [0, 0.05) is 25.8 Å². The van der Waals surface area contributed by atoms with Crippen LogP contribution in [0.5, 0.6) is 0 Å². The third-order valence-electron chi connectivity index (χ3n) is 4.26. The number of aliphatic hydroxyl groups is 1. The molecule has 1 saturated heterocycles. The maximum Gasteiger partial charge on any atom is 0.255 e. The van der Waals surface area contributed by atoms with E-state index in [0.29, 0.717) is 49.3 Å². The SMILES string of the molecule is O=C(c1cnc(NCC2(O)CCC2)c(Cl)c1)N1CCOCC1. The van der Waals surface area contributed by atoms with Crippen LogP contribution in [-0.2, 0) is 4.74 Å². The molecular formula is C15H20ClN3O3. The zero-order valence-corrected chi connectivity index (χ0v) is 13.1. The number of ether oxygens (including phenoxy) is 1. The monoisotopic (exact) mass is 325 g/mol. The van der Waals surface area contributed by atoms with Gasteiger partial charge in [-0.15, -0.1) is 0 Å². The number of anilines is 1. The molecule has 7 heteroatoms. The number of rotatable bonds is 4. The van der Waals surface area contributed by atoms with Gasteiger partial charge < -0.3 is 20.1 Å². The van der Waals surface area contributed by atoms with Crippen molar-refractivity contribution in [2.75, 3.05) is 38.2 Å². The lowest BCUT2D eigenvalue weighted by molar-refractivity contribution is -0.0202. The smallest absolute Gasteiger partial charge is 0.255 e. The van der Waals surface area contributed by atoms with Crippen LogP contribution in [0.4, 0.5) is 5.82 Å². The number of aromatic nitrogens is 1. The summed E-state index contributed by atoms with van der Waals surface area (Å²) in [5.74, 6) is 0.419. The zero-order valence-electron chi connectivity index (χ0n) is 12.3. The van der Waals surface area contributed by atoms with Crippen LogP contribution >= 0.6 is 11.6 Å². The second-order valence-corrected chi connectivity index (χ2v) is 6.30. The fourth-order valence-corrected chi connectivity index (χ4v) is 2.88. The minimum atomic E-state index is -0.646. The summed E-state index contributed by atoms with van der Waals surface area (Å²) in [5.41, 5.74) is -0.173. The van der Waals surface area contributed by atoms with E-state index in [-0.39, 0.29) is 5.91 Å². The van der Waals surface area contributed by atoms with Crippen LogP contribution < -0.4 is 5.32 Å². The molecule has 0 spiro atoms. The van der Waals surface area contributed by atoms with Crippen LogP contribution in [0.2, 0.25) is 5.02 Å². The van der Waals surface area contributed by atoms with Gasteiger partial charge >= 0.3 is 0 Å². The van der Waals surface area contributed by atoms with E-state index in [1.807, 2.05) is 0 Å². The molecule has 120 valence electrons. The maximum absolute atomic E-state index is 12.3. The van der Waals surface area contributed by atoms with Crippen LogP contribution in [0.15, 0.2) is 12.3 Å². The molecule has 1 saturated carbocycles. The van der Waals surface area contributed by atoms with Crippen molar-refractivity contribution >= 4 is 23.3 Å². The van der Waals surface area contributed by atoms with Gasteiger partial charge in [0.1, 0.15) is 5.82 Å². The summed E-state index contributed by atoms with van der Waals surface area (Å²) in [6.07, 6.45) is 4.17. The fourth-order valence-electron chi connectivity index (χ4n) is 2.64. The number of hydrogen-bond donors (Lipinski definition) is 2. The molecule has 0 unspecified atom stereocenters. The zero-order chi connectivity index (χ0) is 15.6. The Balaban J connectivity index is 1.64. The molecule has 3 rings (SSSR count). The molecule has 1 amide bonds. The number of hydrogen-bond acceptors (Lipinski definition) is 5. The molecule has 0 aromatic carbocycles. The molecular weight excluding hydrogens is 306 g/mol. The first kappa shape index (κ1) is 15.5. The first-order valence-electron chi connectivity index (χ1n) is 7.56. The third-order valence-corrected chi connectivity index (χ3v) is 4.54. The van der Waals surface area contributed by atoms with E-state index in [0.717, 1.165) is 19.3 Å². The van der Waals surface area contributed by atoms with Gasteiger partial charge in [0.2, 0.25) is 0 Å². The number of morpholine rings is 1. The molecule has 0 atom stereocenters. The van der Waals surface area contributed by atoms with E-state index < -0.39 is 5.60 Å². The summed E-state index contributed by atoms with van der Waals surface area (Å²) in [4.78, 5) is 18.3. The molecule has 1 aliphatic heterocycles. The Morgan fingerprint density at radius 3 is 2.77 bits per heavy atom. The fraction of sp³-hybridized carbons (Fsp3) is 0.600. The van der Waals surface area contributed by atoms with E-state index in [1.54, 1.807) is 11.0 Å². The number of nitrogens with one attached hydrogen (secondary N) is 1. The van der Waals surface area contributed by atoms with Gasteiger partial charge in [-0.05, 0) is 25.3 Å². The average molecular weight is 326 g/mol. The van der Waals surface area contributed by atoms with Crippen molar-refractivity contribution in [3.63, 3.8) is 0 Å². The van der Waals surface area contributed by atoms with Gasteiger partial charge in [-0.2, -0.15) is 0 Å². The second-order valence-electron chi connectivity index (χ2n) is 5.89. The lowest BCUT2D eigenvalue weighted by atomic mass is 9.80. The quantitative estimate of drug-likeness (QED) is 0.878. The standard InChI is InChI=1S/C15H20ClN3O3/c16-12-8-11(14(20)19-4-6-22-7-5-19)9-17-13(12)18-10-15(21)2-1-3-15/h8-9,21H,1-7,10H2,(H,17,18). The minimum absolute atomic E-state index is 0.0816. The molecule has 2 N–H and O–H groups in total. The van der Waals surface area contributed by atoms with Crippen LogP contribution in [-0.4, -0.2) is 59.3 Å². The van der Waals surface area contributed by atoms with E-state index in [1.165, 1.54) is 6.20 Å². The van der Waals surface area contributed by atoms with Crippen molar-refractivity contribution in [2.24, 2.45) is 0 Å². The van der Waals surface area contributed by atoms with E-state index in [2.05, 4.69) is 10.3 Å². The molecule has 2 aliphatic rings.